The molecule has 0 amide bonds. The normalized spacial score (nSPS) is 15.8. The predicted octanol–water partition coefficient (Wildman–Crippen LogP) is 11.9. The molecule has 2 aliphatic rings. The van der Waals surface area contributed by atoms with Crippen LogP contribution in [0, 0.1) is 0 Å². The number of thiophene rings is 1. The number of hydrogen-bond donors (Lipinski definition) is 0. The summed E-state index contributed by atoms with van der Waals surface area (Å²) in [6.45, 7) is 0. The maximum Gasteiger partial charge on any atom is 0.145 e. The first kappa shape index (κ1) is 27.0. The third kappa shape index (κ3) is 3.63. The first-order valence-corrected chi connectivity index (χ1v) is 17.6. The Kier molecular flexibility index (Phi) is 5.50. The van der Waals surface area contributed by atoms with Gasteiger partial charge in [-0.25, -0.2) is 4.98 Å². The number of nitrogens with zero attached hydrogens (tertiary/aromatic N) is 2. The highest BCUT2D eigenvalue weighted by Gasteiger charge is 2.49. The molecule has 0 bridgehead atoms. The van der Waals surface area contributed by atoms with Crippen molar-refractivity contribution < 1.29 is 0 Å². The molecule has 2 aliphatic carbocycles. The van der Waals surface area contributed by atoms with E-state index in [1.54, 1.807) is 0 Å². The van der Waals surface area contributed by atoms with Crippen LogP contribution in [0.25, 0.3) is 71.6 Å². The lowest BCUT2D eigenvalue weighted by Crippen LogP contribution is -2.30. The van der Waals surface area contributed by atoms with Crippen molar-refractivity contribution in [2.24, 2.45) is 0 Å². The second kappa shape index (κ2) is 9.99. The van der Waals surface area contributed by atoms with E-state index >= 15 is 0 Å². The molecule has 0 fully saturated rings. The van der Waals surface area contributed by atoms with Gasteiger partial charge in [-0.3, -0.25) is 4.57 Å². The molecule has 2 heterocycles. The summed E-state index contributed by atoms with van der Waals surface area (Å²) in [5.74, 6) is 0.942. The fraction of sp³-hybridized carbons (Fsp3) is 0.0217. The molecular formula is C46H28N2S. The lowest BCUT2D eigenvalue weighted by molar-refractivity contribution is 0.767. The van der Waals surface area contributed by atoms with Crippen LogP contribution < -0.4 is 0 Å². The van der Waals surface area contributed by atoms with Gasteiger partial charge in [-0.15, -0.1) is 11.3 Å². The van der Waals surface area contributed by atoms with Crippen molar-refractivity contribution in [1.82, 2.24) is 9.55 Å². The van der Waals surface area contributed by atoms with Gasteiger partial charge in [0, 0.05) is 31.4 Å². The Hall–Kier alpha value is -6.03. The summed E-state index contributed by atoms with van der Waals surface area (Å²) in [7, 11) is 0. The lowest BCUT2D eigenvalue weighted by atomic mass is 9.65. The van der Waals surface area contributed by atoms with Crippen LogP contribution in [-0.2, 0) is 5.41 Å². The van der Waals surface area contributed by atoms with Crippen molar-refractivity contribution >= 4 is 54.7 Å². The predicted molar refractivity (Wildman–Crippen MR) is 206 cm³/mol. The Bertz CT molecular complexity index is 2840. The Morgan fingerprint density at radius 1 is 0.490 bits per heavy atom. The zero-order valence-electron chi connectivity index (χ0n) is 26.5. The van der Waals surface area contributed by atoms with Gasteiger partial charge in [-0.1, -0.05) is 121 Å². The van der Waals surface area contributed by atoms with E-state index in [9.17, 15) is 0 Å². The first-order chi connectivity index (χ1) is 24.3. The molecule has 0 saturated carbocycles. The van der Waals surface area contributed by atoms with Gasteiger partial charge < -0.3 is 0 Å². The van der Waals surface area contributed by atoms with Crippen molar-refractivity contribution in [2.75, 3.05) is 0 Å². The maximum absolute atomic E-state index is 5.29. The molecule has 9 aromatic rings. The summed E-state index contributed by atoms with van der Waals surface area (Å²) in [5.41, 5.74) is 14.1. The minimum absolute atomic E-state index is 0.530. The Balaban J connectivity index is 1.28. The van der Waals surface area contributed by atoms with Crippen molar-refractivity contribution in [1.29, 1.82) is 0 Å². The number of benzene rings is 7. The quantitative estimate of drug-likeness (QED) is 0.184. The topological polar surface area (TPSA) is 17.8 Å². The minimum Gasteiger partial charge on any atom is -0.292 e. The molecule has 1 atom stereocenters. The van der Waals surface area contributed by atoms with E-state index in [1.165, 1.54) is 64.7 Å². The lowest BCUT2D eigenvalue weighted by Gasteiger charge is -2.35. The fourth-order valence-electron chi connectivity index (χ4n) is 8.61. The monoisotopic (exact) mass is 640 g/mol. The molecule has 1 unspecified atom stereocenters. The summed E-state index contributed by atoms with van der Waals surface area (Å²) in [6.07, 6.45) is 4.62. The molecular weight excluding hydrogens is 613 g/mol. The fourth-order valence-corrected chi connectivity index (χ4v) is 9.73. The number of hydrogen-bond acceptors (Lipinski definition) is 2. The van der Waals surface area contributed by atoms with E-state index in [4.69, 9.17) is 4.98 Å². The number of fused-ring (bicyclic) bond motifs is 13. The molecule has 0 radical (unpaired) electrons. The van der Waals surface area contributed by atoms with Crippen LogP contribution in [0.2, 0.25) is 0 Å². The standard InChI is InChI=1S/C46H28N2S/c1-2-13-32(14-3-1)48-42-20-10-9-19-41(42)47-45(48)31-25-24-30-23-22-29-12-4-7-17-37(29)46(39(30)26-31)38-18-8-5-15-33(38)35-28-44-36(27-40(35)46)34-16-6-11-21-43(34)49-44/h1-28H. The van der Waals surface area contributed by atoms with Gasteiger partial charge in [0.05, 0.1) is 16.4 Å². The van der Waals surface area contributed by atoms with Crippen molar-refractivity contribution in [3.8, 4) is 28.2 Å². The molecule has 49 heavy (non-hydrogen) atoms. The van der Waals surface area contributed by atoms with E-state index in [0.717, 1.165) is 28.1 Å². The third-order valence-electron chi connectivity index (χ3n) is 10.6. The van der Waals surface area contributed by atoms with Crippen LogP contribution in [-0.4, -0.2) is 9.55 Å². The van der Waals surface area contributed by atoms with E-state index < -0.39 is 5.41 Å². The van der Waals surface area contributed by atoms with Crippen LogP contribution in [0.15, 0.2) is 158 Å². The van der Waals surface area contributed by atoms with Gasteiger partial charge in [-0.05, 0) is 93.0 Å². The number of imidazole rings is 1. The van der Waals surface area contributed by atoms with Gasteiger partial charge >= 0.3 is 0 Å². The SMILES string of the molecule is C1=Cc2ccc(-c3nc4ccccc4n3-c3ccccc3)cc2C2(c3ccccc31)c1ccccc1-c1cc3sc4ccccc4c3cc12. The Morgan fingerprint density at radius 2 is 1.22 bits per heavy atom. The van der Waals surface area contributed by atoms with Crippen molar-refractivity contribution in [2.45, 2.75) is 5.41 Å². The van der Waals surface area contributed by atoms with E-state index in [1.807, 2.05) is 11.3 Å². The smallest absolute Gasteiger partial charge is 0.145 e. The van der Waals surface area contributed by atoms with Gasteiger partial charge in [0.15, 0.2) is 0 Å². The van der Waals surface area contributed by atoms with E-state index in [2.05, 4.69) is 174 Å². The maximum atomic E-state index is 5.29. The summed E-state index contributed by atoms with van der Waals surface area (Å²) in [5, 5.41) is 2.65. The average molecular weight is 641 g/mol. The number of aromatic nitrogens is 2. The molecule has 0 aliphatic heterocycles. The van der Waals surface area contributed by atoms with Crippen LogP contribution in [0.4, 0.5) is 0 Å². The van der Waals surface area contributed by atoms with Crippen LogP contribution in [0.3, 0.4) is 0 Å². The van der Waals surface area contributed by atoms with E-state index in [-0.39, 0.29) is 0 Å². The van der Waals surface area contributed by atoms with Crippen LogP contribution in [0.1, 0.15) is 33.4 Å². The van der Waals surface area contributed by atoms with Crippen molar-refractivity contribution in [3.63, 3.8) is 0 Å². The summed E-state index contributed by atoms with van der Waals surface area (Å²) in [4.78, 5) is 5.29. The zero-order chi connectivity index (χ0) is 32.1. The molecule has 2 aromatic heterocycles. The molecule has 2 nitrogen and oxygen atoms in total. The average Bonchev–Trinajstić information content (AvgIpc) is 3.78. The molecule has 0 N–H and O–H groups in total. The highest BCUT2D eigenvalue weighted by atomic mass is 32.1. The molecule has 1 spiro atoms. The highest BCUT2D eigenvalue weighted by molar-refractivity contribution is 7.25. The zero-order valence-corrected chi connectivity index (χ0v) is 27.3. The second-order valence-electron chi connectivity index (χ2n) is 13.1. The van der Waals surface area contributed by atoms with Crippen LogP contribution in [0.5, 0.6) is 0 Å². The van der Waals surface area contributed by atoms with E-state index in [0.29, 0.717) is 0 Å². The summed E-state index contributed by atoms with van der Waals surface area (Å²) >= 11 is 1.89. The number of rotatable bonds is 2. The van der Waals surface area contributed by atoms with Gasteiger partial charge in [0.25, 0.3) is 0 Å². The summed E-state index contributed by atoms with van der Waals surface area (Å²) < 4.78 is 4.97. The molecule has 11 rings (SSSR count). The largest absolute Gasteiger partial charge is 0.292 e. The molecule has 228 valence electrons. The molecule has 0 saturated heterocycles. The third-order valence-corrected chi connectivity index (χ3v) is 11.8. The molecule has 3 heteroatoms. The Labute approximate surface area is 287 Å². The first-order valence-electron chi connectivity index (χ1n) is 16.8. The highest BCUT2D eigenvalue weighted by Crippen LogP contribution is 2.60. The number of para-hydroxylation sites is 3. The van der Waals surface area contributed by atoms with Gasteiger partial charge in [-0.2, -0.15) is 0 Å². The van der Waals surface area contributed by atoms with Crippen molar-refractivity contribution in [3.05, 3.63) is 191 Å². The minimum atomic E-state index is -0.530. The molecule has 7 aromatic carbocycles. The Morgan fingerprint density at radius 3 is 2.14 bits per heavy atom. The summed E-state index contributed by atoms with van der Waals surface area (Å²) in [6, 6.07) is 58.0. The van der Waals surface area contributed by atoms with Gasteiger partial charge in [0.2, 0.25) is 0 Å². The second-order valence-corrected chi connectivity index (χ2v) is 14.2. The van der Waals surface area contributed by atoms with Crippen LogP contribution >= 0.6 is 11.3 Å². The van der Waals surface area contributed by atoms with Gasteiger partial charge in [0.1, 0.15) is 5.82 Å².